The number of hydrogen-bond donors (Lipinski definition) is 2. The van der Waals surface area contributed by atoms with E-state index in [1.54, 1.807) is 0 Å². The Morgan fingerprint density at radius 1 is 1.06 bits per heavy atom. The normalized spacial score (nSPS) is 14.9. The molecule has 0 amide bonds. The molecule has 5 heteroatoms. The minimum Gasteiger partial charge on any atom is -0.492 e. The van der Waals surface area contributed by atoms with E-state index in [0.29, 0.717) is 5.92 Å². The van der Waals surface area contributed by atoms with Gasteiger partial charge in [0.2, 0.25) is 0 Å². The lowest BCUT2D eigenvalue weighted by Crippen LogP contribution is -2.33. The SMILES string of the molecule is CC(C)CCc1nc2ccc(NCc3ccc(OCCN4CCCCC4)cc3)cc2[nH]1. The number of anilines is 1. The van der Waals surface area contributed by atoms with Crippen LogP contribution >= 0.6 is 0 Å². The minimum atomic E-state index is 0.692. The van der Waals surface area contributed by atoms with Crippen molar-refractivity contribution in [1.82, 2.24) is 14.9 Å². The molecular weight excluding hydrogens is 384 g/mol. The number of aryl methyl sites for hydroxylation is 1. The lowest BCUT2D eigenvalue weighted by Gasteiger charge is -2.26. The van der Waals surface area contributed by atoms with E-state index in [1.807, 2.05) is 0 Å². The van der Waals surface area contributed by atoms with Crippen LogP contribution in [-0.2, 0) is 13.0 Å². The maximum absolute atomic E-state index is 5.94. The van der Waals surface area contributed by atoms with Crippen LogP contribution in [-0.4, -0.2) is 41.1 Å². The Hall–Kier alpha value is -2.53. The molecule has 2 N–H and O–H groups in total. The average molecular weight is 421 g/mol. The third-order valence-electron chi connectivity index (χ3n) is 6.03. The number of piperidine rings is 1. The van der Waals surface area contributed by atoms with E-state index in [2.05, 4.69) is 71.5 Å². The van der Waals surface area contributed by atoms with Crippen molar-refractivity contribution in [2.24, 2.45) is 5.92 Å². The summed E-state index contributed by atoms with van der Waals surface area (Å²) in [6.07, 6.45) is 6.19. The van der Waals surface area contributed by atoms with Gasteiger partial charge in [-0.2, -0.15) is 0 Å². The zero-order valence-electron chi connectivity index (χ0n) is 19.0. The molecule has 0 radical (unpaired) electrons. The maximum Gasteiger partial charge on any atom is 0.119 e. The number of ether oxygens (including phenoxy) is 1. The number of nitrogens with one attached hydrogen (secondary N) is 2. The third kappa shape index (κ3) is 6.47. The fraction of sp³-hybridized carbons (Fsp3) is 0.500. The minimum absolute atomic E-state index is 0.692. The van der Waals surface area contributed by atoms with Gasteiger partial charge in [-0.25, -0.2) is 4.98 Å². The number of H-pyrrole nitrogens is 1. The van der Waals surface area contributed by atoms with Gasteiger partial charge in [0.25, 0.3) is 0 Å². The van der Waals surface area contributed by atoms with Crippen LogP contribution < -0.4 is 10.1 Å². The first-order valence-electron chi connectivity index (χ1n) is 11.8. The van der Waals surface area contributed by atoms with E-state index in [0.717, 1.165) is 60.8 Å². The van der Waals surface area contributed by atoms with Crippen molar-refractivity contribution >= 4 is 16.7 Å². The summed E-state index contributed by atoms with van der Waals surface area (Å²) < 4.78 is 5.94. The van der Waals surface area contributed by atoms with Gasteiger partial charge in [-0.15, -0.1) is 0 Å². The van der Waals surface area contributed by atoms with E-state index >= 15 is 0 Å². The summed E-state index contributed by atoms with van der Waals surface area (Å²) in [5.74, 6) is 2.72. The number of aromatic nitrogens is 2. The van der Waals surface area contributed by atoms with Crippen LogP contribution in [0.25, 0.3) is 11.0 Å². The average Bonchev–Trinajstić information content (AvgIpc) is 3.20. The van der Waals surface area contributed by atoms with Crippen LogP contribution in [0, 0.1) is 5.92 Å². The first kappa shape index (κ1) is 21.7. The van der Waals surface area contributed by atoms with Crippen LogP contribution in [0.2, 0.25) is 0 Å². The summed E-state index contributed by atoms with van der Waals surface area (Å²) >= 11 is 0. The quantitative estimate of drug-likeness (QED) is 0.446. The zero-order valence-corrected chi connectivity index (χ0v) is 19.0. The van der Waals surface area contributed by atoms with Crippen LogP contribution in [0.5, 0.6) is 5.75 Å². The number of hydrogen-bond acceptors (Lipinski definition) is 4. The Labute approximate surface area is 186 Å². The predicted octanol–water partition coefficient (Wildman–Crippen LogP) is 5.63. The summed E-state index contributed by atoms with van der Waals surface area (Å²) in [6, 6.07) is 14.8. The monoisotopic (exact) mass is 420 g/mol. The van der Waals surface area contributed by atoms with Crippen molar-refractivity contribution in [3.05, 3.63) is 53.9 Å². The molecule has 166 valence electrons. The molecule has 4 rings (SSSR count). The van der Waals surface area contributed by atoms with Gasteiger partial charge < -0.3 is 15.0 Å². The second kappa shape index (κ2) is 10.7. The van der Waals surface area contributed by atoms with Gasteiger partial charge in [-0.3, -0.25) is 4.90 Å². The number of rotatable bonds is 10. The first-order chi connectivity index (χ1) is 15.2. The molecule has 0 bridgehead atoms. The molecule has 0 aliphatic carbocycles. The molecule has 3 aromatic rings. The van der Waals surface area contributed by atoms with Gasteiger partial charge in [0.05, 0.1) is 11.0 Å². The maximum atomic E-state index is 5.94. The Balaban J connectivity index is 1.25. The summed E-state index contributed by atoms with van der Waals surface area (Å²) in [5.41, 5.74) is 4.48. The Kier molecular flexibility index (Phi) is 7.47. The molecule has 1 aliphatic heterocycles. The Bertz CT molecular complexity index is 942. The third-order valence-corrected chi connectivity index (χ3v) is 6.03. The number of aromatic amines is 1. The van der Waals surface area contributed by atoms with Crippen LogP contribution in [0.4, 0.5) is 5.69 Å². The van der Waals surface area contributed by atoms with Gasteiger partial charge in [-0.1, -0.05) is 32.4 Å². The molecule has 0 unspecified atom stereocenters. The summed E-state index contributed by atoms with van der Waals surface area (Å²) in [7, 11) is 0. The fourth-order valence-corrected chi connectivity index (χ4v) is 4.10. The second-order valence-electron chi connectivity index (χ2n) is 9.10. The summed E-state index contributed by atoms with van der Waals surface area (Å²) in [6.45, 7) is 9.51. The molecule has 1 aromatic heterocycles. The molecule has 1 aliphatic rings. The molecule has 2 heterocycles. The largest absolute Gasteiger partial charge is 0.492 e. The van der Waals surface area contributed by atoms with Crippen molar-refractivity contribution in [3.8, 4) is 5.75 Å². The van der Waals surface area contributed by atoms with Crippen molar-refractivity contribution in [2.45, 2.75) is 52.5 Å². The highest BCUT2D eigenvalue weighted by atomic mass is 16.5. The predicted molar refractivity (Wildman–Crippen MR) is 129 cm³/mol. The van der Waals surface area contributed by atoms with Crippen LogP contribution in [0.1, 0.15) is 50.9 Å². The molecule has 1 saturated heterocycles. The van der Waals surface area contributed by atoms with Crippen molar-refractivity contribution < 1.29 is 4.74 Å². The smallest absolute Gasteiger partial charge is 0.119 e. The number of imidazole rings is 1. The second-order valence-corrected chi connectivity index (χ2v) is 9.10. The molecule has 5 nitrogen and oxygen atoms in total. The van der Waals surface area contributed by atoms with Gasteiger partial charge >= 0.3 is 0 Å². The molecule has 31 heavy (non-hydrogen) atoms. The molecule has 1 fully saturated rings. The van der Waals surface area contributed by atoms with Crippen molar-refractivity contribution in [2.75, 3.05) is 31.6 Å². The number of nitrogens with zero attached hydrogens (tertiary/aromatic N) is 2. The van der Waals surface area contributed by atoms with Crippen molar-refractivity contribution in [1.29, 1.82) is 0 Å². The highest BCUT2D eigenvalue weighted by Crippen LogP contribution is 2.20. The van der Waals surface area contributed by atoms with Gasteiger partial charge in [0.15, 0.2) is 0 Å². The fourth-order valence-electron chi connectivity index (χ4n) is 4.10. The van der Waals surface area contributed by atoms with E-state index in [9.17, 15) is 0 Å². The highest BCUT2D eigenvalue weighted by Gasteiger charge is 2.09. The molecule has 0 atom stereocenters. The van der Waals surface area contributed by atoms with Crippen LogP contribution in [0.15, 0.2) is 42.5 Å². The Morgan fingerprint density at radius 3 is 2.65 bits per heavy atom. The molecular formula is C26H36N4O. The van der Waals surface area contributed by atoms with E-state index < -0.39 is 0 Å². The zero-order chi connectivity index (χ0) is 21.5. The van der Waals surface area contributed by atoms with E-state index in [-0.39, 0.29) is 0 Å². The molecule has 2 aromatic carbocycles. The highest BCUT2D eigenvalue weighted by molar-refractivity contribution is 5.79. The number of likely N-dealkylation sites (tertiary alicyclic amines) is 1. The summed E-state index contributed by atoms with van der Waals surface area (Å²) in [5, 5.41) is 3.52. The Morgan fingerprint density at radius 2 is 1.87 bits per heavy atom. The standard InChI is InChI=1S/C26H36N4O/c1-20(2)6-13-26-28-24-12-9-22(18-25(24)29-26)27-19-21-7-10-23(11-8-21)31-17-16-30-14-4-3-5-15-30/h7-12,18,20,27H,3-6,13-17,19H2,1-2H3,(H,28,29). The van der Waals surface area contributed by atoms with Gasteiger partial charge in [-0.05, 0) is 74.2 Å². The lowest BCUT2D eigenvalue weighted by atomic mass is 10.1. The van der Waals surface area contributed by atoms with E-state index in [1.165, 1.54) is 37.9 Å². The van der Waals surface area contributed by atoms with E-state index in [4.69, 9.17) is 9.72 Å². The van der Waals surface area contributed by atoms with Gasteiger partial charge in [0, 0.05) is 25.2 Å². The molecule has 0 saturated carbocycles. The lowest BCUT2D eigenvalue weighted by molar-refractivity contribution is 0.183. The first-order valence-corrected chi connectivity index (χ1v) is 11.8. The topological polar surface area (TPSA) is 53.2 Å². The van der Waals surface area contributed by atoms with Crippen LogP contribution in [0.3, 0.4) is 0 Å². The number of benzene rings is 2. The molecule has 0 spiro atoms. The summed E-state index contributed by atoms with van der Waals surface area (Å²) in [4.78, 5) is 10.7. The van der Waals surface area contributed by atoms with Crippen molar-refractivity contribution in [3.63, 3.8) is 0 Å². The number of fused-ring (bicyclic) bond motifs is 1. The van der Waals surface area contributed by atoms with Gasteiger partial charge in [0.1, 0.15) is 18.2 Å².